The van der Waals surface area contributed by atoms with E-state index in [1.807, 2.05) is 33.8 Å². The molecule has 2 atom stereocenters. The predicted molar refractivity (Wildman–Crippen MR) is 156 cm³/mol. The number of hydrogen-bond acceptors (Lipinski definition) is 8. The fourth-order valence-electron chi connectivity index (χ4n) is 5.20. The van der Waals surface area contributed by atoms with Crippen molar-refractivity contribution >= 4 is 36.4 Å². The maximum Gasteiger partial charge on any atom is 0.148 e. The van der Waals surface area contributed by atoms with E-state index >= 15 is 0 Å². The van der Waals surface area contributed by atoms with Crippen LogP contribution in [0.3, 0.4) is 0 Å². The van der Waals surface area contributed by atoms with Crippen LogP contribution in [-0.2, 0) is 11.5 Å². The zero-order valence-corrected chi connectivity index (χ0v) is 24.7. The Morgan fingerprint density at radius 1 is 1.20 bits per heavy atom. The number of nitrogens with zero attached hydrogens (tertiary/aromatic N) is 9. The lowest BCUT2D eigenvalue weighted by atomic mass is 9.96. The van der Waals surface area contributed by atoms with E-state index in [9.17, 15) is 10.5 Å². The van der Waals surface area contributed by atoms with Crippen LogP contribution in [0.1, 0.15) is 24.4 Å². The van der Waals surface area contributed by atoms with Gasteiger partial charge in [-0.3, -0.25) is 4.68 Å². The average molecular weight is 574 g/mol. The standard InChI is InChI=1S/C28H32ClN9OSi/c1-40(2,3)13-12-39-19-37-11-7-22-26(33-18-34-28(22)37)21-15-35-38(17-21)24(4-8-30)20-6-10-36(16-20)25-5-9-32-27(29)23(25)14-31/h5,7,9,11,15,17-18,20,24H,4,6,10,12-13,16,19H2,1-3H3/t20?,24-/m0/s1. The van der Waals surface area contributed by atoms with E-state index in [4.69, 9.17) is 16.3 Å². The summed E-state index contributed by atoms with van der Waals surface area (Å²) in [7, 11) is -1.15. The van der Waals surface area contributed by atoms with Gasteiger partial charge in [-0.15, -0.1) is 0 Å². The highest BCUT2D eigenvalue weighted by atomic mass is 35.5. The van der Waals surface area contributed by atoms with Gasteiger partial charge in [-0.1, -0.05) is 31.2 Å². The van der Waals surface area contributed by atoms with Gasteiger partial charge in [0.2, 0.25) is 0 Å². The number of pyridine rings is 1. The highest BCUT2D eigenvalue weighted by molar-refractivity contribution is 6.76. The zero-order chi connectivity index (χ0) is 28.3. The smallest absolute Gasteiger partial charge is 0.148 e. The first-order chi connectivity index (χ1) is 19.3. The number of aromatic nitrogens is 6. The van der Waals surface area contributed by atoms with Gasteiger partial charge >= 0.3 is 0 Å². The third kappa shape index (κ3) is 5.87. The molecule has 5 heterocycles. The van der Waals surface area contributed by atoms with Crippen LogP contribution in [0, 0.1) is 28.6 Å². The molecule has 0 radical (unpaired) electrons. The van der Waals surface area contributed by atoms with Crippen molar-refractivity contribution in [3.8, 4) is 23.4 Å². The molecule has 0 aromatic carbocycles. The van der Waals surface area contributed by atoms with Crippen molar-refractivity contribution in [2.45, 2.75) is 51.3 Å². The number of rotatable bonds is 10. The Kier molecular flexibility index (Phi) is 8.17. The molecule has 1 saturated heterocycles. The summed E-state index contributed by atoms with van der Waals surface area (Å²) in [5, 5.41) is 25.1. The fraction of sp³-hybridized carbons (Fsp3) is 0.429. The number of nitriles is 2. The molecule has 1 aliphatic heterocycles. The van der Waals surface area contributed by atoms with E-state index < -0.39 is 8.07 Å². The molecule has 4 aromatic rings. The third-order valence-electron chi connectivity index (χ3n) is 7.40. The molecule has 1 unspecified atom stereocenters. The summed E-state index contributed by atoms with van der Waals surface area (Å²) in [6.45, 7) is 9.66. The maximum absolute atomic E-state index is 9.65. The van der Waals surface area contributed by atoms with Crippen LogP contribution < -0.4 is 4.90 Å². The summed E-state index contributed by atoms with van der Waals surface area (Å²) in [5.74, 6) is 0.172. The molecule has 10 nitrogen and oxygen atoms in total. The molecule has 40 heavy (non-hydrogen) atoms. The van der Waals surface area contributed by atoms with Gasteiger partial charge in [-0.05, 0) is 24.6 Å². The summed E-state index contributed by atoms with van der Waals surface area (Å²) in [6, 6.07) is 9.35. The lowest BCUT2D eigenvalue weighted by molar-refractivity contribution is 0.0899. The van der Waals surface area contributed by atoms with Gasteiger partial charge < -0.3 is 14.2 Å². The lowest BCUT2D eigenvalue weighted by Crippen LogP contribution is -2.25. The first-order valence-electron chi connectivity index (χ1n) is 13.4. The van der Waals surface area contributed by atoms with Crippen LogP contribution in [-0.4, -0.2) is 57.1 Å². The summed E-state index contributed by atoms with van der Waals surface area (Å²) >= 11 is 6.17. The molecule has 5 rings (SSSR count). The van der Waals surface area contributed by atoms with Gasteiger partial charge in [0.25, 0.3) is 0 Å². The van der Waals surface area contributed by atoms with Gasteiger partial charge in [-0.2, -0.15) is 15.6 Å². The summed E-state index contributed by atoms with van der Waals surface area (Å²) in [6.07, 6.45) is 10.1. The summed E-state index contributed by atoms with van der Waals surface area (Å²) < 4.78 is 9.84. The van der Waals surface area contributed by atoms with Crippen molar-refractivity contribution in [1.82, 2.24) is 29.3 Å². The molecule has 0 bridgehead atoms. The zero-order valence-electron chi connectivity index (χ0n) is 23.0. The van der Waals surface area contributed by atoms with Crippen LogP contribution in [0.2, 0.25) is 30.8 Å². The lowest BCUT2D eigenvalue weighted by Gasteiger charge is -2.24. The largest absolute Gasteiger partial charge is 0.370 e. The van der Waals surface area contributed by atoms with Crippen molar-refractivity contribution in [1.29, 1.82) is 10.5 Å². The predicted octanol–water partition coefficient (Wildman–Crippen LogP) is 5.51. The molecule has 1 aliphatic rings. The van der Waals surface area contributed by atoms with Gasteiger partial charge in [0.05, 0.1) is 36.1 Å². The van der Waals surface area contributed by atoms with E-state index in [1.165, 1.54) is 0 Å². The van der Waals surface area contributed by atoms with Crippen molar-refractivity contribution in [3.63, 3.8) is 0 Å². The minimum absolute atomic E-state index is 0.117. The Balaban J connectivity index is 1.34. The Morgan fingerprint density at radius 3 is 2.83 bits per heavy atom. The second-order valence-electron chi connectivity index (χ2n) is 11.3. The second-order valence-corrected chi connectivity index (χ2v) is 17.3. The van der Waals surface area contributed by atoms with E-state index in [2.05, 4.69) is 56.7 Å². The molecule has 1 fully saturated rings. The average Bonchev–Trinajstić information content (AvgIpc) is 3.69. The van der Waals surface area contributed by atoms with Crippen LogP contribution >= 0.6 is 11.6 Å². The first kappa shape index (κ1) is 27.8. The Hall–Kier alpha value is -3.77. The van der Waals surface area contributed by atoms with E-state index in [-0.39, 0.29) is 17.1 Å². The molecule has 0 N–H and O–H groups in total. The molecule has 12 heteroatoms. The van der Waals surface area contributed by atoms with E-state index in [0.717, 1.165) is 53.6 Å². The SMILES string of the molecule is C[Si](C)(C)CCOCn1ccc2c(-c3cnn([C@@H](CC#N)C4CCN(c5ccnc(Cl)c5C#N)C4)c3)ncnc21. The fourth-order valence-corrected chi connectivity index (χ4v) is 6.16. The Labute approximate surface area is 239 Å². The van der Waals surface area contributed by atoms with Gasteiger partial charge in [-0.25, -0.2) is 15.0 Å². The van der Waals surface area contributed by atoms with Crippen LogP contribution in [0.25, 0.3) is 22.3 Å². The minimum Gasteiger partial charge on any atom is -0.370 e. The highest BCUT2D eigenvalue weighted by Crippen LogP contribution is 2.36. The minimum atomic E-state index is -1.15. The highest BCUT2D eigenvalue weighted by Gasteiger charge is 2.33. The quantitative estimate of drug-likeness (QED) is 0.138. The molecule has 0 amide bonds. The molecule has 0 saturated carbocycles. The number of hydrogen-bond donors (Lipinski definition) is 0. The van der Waals surface area contributed by atoms with Crippen LogP contribution in [0.15, 0.2) is 43.2 Å². The molecule has 0 spiro atoms. The maximum atomic E-state index is 9.65. The Bertz CT molecular complexity index is 1580. The third-order valence-corrected chi connectivity index (χ3v) is 9.39. The van der Waals surface area contributed by atoms with Gasteiger partial charge in [0, 0.05) is 63.2 Å². The van der Waals surface area contributed by atoms with E-state index in [0.29, 0.717) is 25.3 Å². The summed E-state index contributed by atoms with van der Waals surface area (Å²) in [5.41, 5.74) is 3.64. The van der Waals surface area contributed by atoms with Crippen molar-refractivity contribution < 1.29 is 4.74 Å². The molecule has 4 aromatic heterocycles. The van der Waals surface area contributed by atoms with Crippen molar-refractivity contribution in [2.24, 2.45) is 5.92 Å². The van der Waals surface area contributed by atoms with Gasteiger partial charge in [0.1, 0.15) is 35.5 Å². The normalized spacial score (nSPS) is 16.2. The van der Waals surface area contributed by atoms with Crippen molar-refractivity contribution in [2.75, 3.05) is 24.6 Å². The monoisotopic (exact) mass is 573 g/mol. The Morgan fingerprint density at radius 2 is 2.05 bits per heavy atom. The van der Waals surface area contributed by atoms with Crippen molar-refractivity contribution in [3.05, 3.63) is 54.0 Å². The number of halogens is 1. The van der Waals surface area contributed by atoms with Gasteiger partial charge in [0.15, 0.2) is 0 Å². The molecular weight excluding hydrogens is 542 g/mol. The molecular formula is C28H32ClN9OSi. The topological polar surface area (TPSA) is 121 Å². The van der Waals surface area contributed by atoms with E-state index in [1.54, 1.807) is 18.7 Å². The van der Waals surface area contributed by atoms with Crippen LogP contribution in [0.5, 0.6) is 0 Å². The number of ether oxygens (including phenoxy) is 1. The number of anilines is 1. The summed E-state index contributed by atoms with van der Waals surface area (Å²) in [4.78, 5) is 15.3. The molecule has 0 aliphatic carbocycles. The second kappa shape index (κ2) is 11.8. The van der Waals surface area contributed by atoms with Crippen LogP contribution in [0.4, 0.5) is 5.69 Å². The first-order valence-corrected chi connectivity index (χ1v) is 17.5. The molecule has 206 valence electrons. The number of fused-ring (bicyclic) bond motifs is 1.